The molecule has 4 rings (SSSR count). The molecule has 3 heterocycles. The topological polar surface area (TPSA) is 46.0 Å². The number of hydrogen-bond acceptors (Lipinski definition) is 4. The summed E-state index contributed by atoms with van der Waals surface area (Å²) in [6.45, 7) is 4.06. The number of benzene rings is 1. The average Bonchev–Trinajstić information content (AvgIpc) is 3.23. The lowest BCUT2D eigenvalue weighted by Gasteiger charge is -2.33. The molecular formula is C21H25N5. The molecule has 1 saturated heterocycles. The normalized spacial score (nSPS) is 18.1. The van der Waals surface area contributed by atoms with E-state index in [1.165, 1.54) is 18.4 Å². The number of hydrogen-bond donors (Lipinski definition) is 1. The van der Waals surface area contributed by atoms with Crippen LogP contribution in [0.5, 0.6) is 0 Å². The first-order chi connectivity index (χ1) is 12.9. The summed E-state index contributed by atoms with van der Waals surface area (Å²) in [4.78, 5) is 6.96. The number of likely N-dealkylation sites (tertiary alicyclic amines) is 1. The molecule has 0 amide bonds. The van der Waals surface area contributed by atoms with Crippen LogP contribution < -0.4 is 5.32 Å². The van der Waals surface area contributed by atoms with Crippen molar-refractivity contribution in [1.82, 2.24) is 25.0 Å². The zero-order valence-electron chi connectivity index (χ0n) is 15.0. The number of nitrogens with zero attached hydrogens (tertiary/aromatic N) is 4. The summed E-state index contributed by atoms with van der Waals surface area (Å²) in [5, 5.41) is 8.05. The summed E-state index contributed by atoms with van der Waals surface area (Å²) in [5.41, 5.74) is 3.55. The highest BCUT2D eigenvalue weighted by Crippen LogP contribution is 2.14. The zero-order chi connectivity index (χ0) is 17.6. The van der Waals surface area contributed by atoms with E-state index in [1.807, 2.05) is 35.4 Å². The molecular weight excluding hydrogens is 322 g/mol. The van der Waals surface area contributed by atoms with Gasteiger partial charge in [0.1, 0.15) is 0 Å². The van der Waals surface area contributed by atoms with E-state index in [1.54, 1.807) is 0 Å². The fourth-order valence-electron chi connectivity index (χ4n) is 3.58. The Morgan fingerprint density at radius 2 is 2.08 bits per heavy atom. The van der Waals surface area contributed by atoms with Crippen LogP contribution in [0.4, 0.5) is 0 Å². The average molecular weight is 347 g/mol. The van der Waals surface area contributed by atoms with E-state index in [2.05, 4.69) is 56.7 Å². The lowest BCUT2D eigenvalue weighted by Crippen LogP contribution is -2.45. The van der Waals surface area contributed by atoms with Crippen LogP contribution in [0.15, 0.2) is 67.1 Å². The summed E-state index contributed by atoms with van der Waals surface area (Å²) in [5.74, 6) is 0. The van der Waals surface area contributed by atoms with Gasteiger partial charge in [-0.25, -0.2) is 4.68 Å². The molecule has 1 fully saturated rings. The molecule has 1 aromatic carbocycles. The third-order valence-corrected chi connectivity index (χ3v) is 4.89. The van der Waals surface area contributed by atoms with E-state index >= 15 is 0 Å². The van der Waals surface area contributed by atoms with Crippen molar-refractivity contribution in [3.05, 3.63) is 78.4 Å². The summed E-state index contributed by atoms with van der Waals surface area (Å²) >= 11 is 0. The summed E-state index contributed by atoms with van der Waals surface area (Å²) in [6, 6.07) is 17.2. The molecule has 5 heteroatoms. The monoisotopic (exact) mass is 347 g/mol. The third-order valence-electron chi connectivity index (χ3n) is 4.89. The molecule has 1 aliphatic rings. The van der Waals surface area contributed by atoms with E-state index in [4.69, 9.17) is 0 Å². The Kier molecular flexibility index (Phi) is 5.38. The van der Waals surface area contributed by atoms with Crippen LogP contribution in [0.3, 0.4) is 0 Å². The predicted molar refractivity (Wildman–Crippen MR) is 103 cm³/mol. The van der Waals surface area contributed by atoms with Crippen molar-refractivity contribution in [1.29, 1.82) is 0 Å². The van der Waals surface area contributed by atoms with Crippen molar-refractivity contribution in [2.45, 2.75) is 32.0 Å². The Hall–Kier alpha value is -2.50. The van der Waals surface area contributed by atoms with Crippen LogP contribution in [0, 0.1) is 0 Å². The molecule has 0 saturated carbocycles. The minimum Gasteiger partial charge on any atom is -0.309 e. The van der Waals surface area contributed by atoms with E-state index in [0.29, 0.717) is 6.04 Å². The van der Waals surface area contributed by atoms with Gasteiger partial charge < -0.3 is 5.32 Å². The molecule has 2 aromatic heterocycles. The van der Waals surface area contributed by atoms with Crippen LogP contribution in [0.2, 0.25) is 0 Å². The molecule has 26 heavy (non-hydrogen) atoms. The fraction of sp³-hybridized carbons (Fsp3) is 0.333. The van der Waals surface area contributed by atoms with Gasteiger partial charge in [0.25, 0.3) is 0 Å². The van der Waals surface area contributed by atoms with Crippen LogP contribution in [-0.2, 0) is 13.1 Å². The largest absolute Gasteiger partial charge is 0.309 e. The maximum Gasteiger partial charge on any atom is 0.0648 e. The summed E-state index contributed by atoms with van der Waals surface area (Å²) < 4.78 is 1.90. The molecule has 5 nitrogen and oxygen atoms in total. The molecule has 134 valence electrons. The smallest absolute Gasteiger partial charge is 0.0648 e. The second kappa shape index (κ2) is 8.25. The molecule has 1 N–H and O–H groups in total. The minimum absolute atomic E-state index is 0.529. The standard InChI is InChI=1S/C21H25N5/c1-2-10-22-19(7-1)16-25-12-4-8-20(17-25)23-15-18-6-3-9-21(14-18)26-13-5-11-24-26/h1-3,5-7,9-11,13-14,20,23H,4,8,12,15-17H2. The van der Waals surface area contributed by atoms with Gasteiger partial charge >= 0.3 is 0 Å². The zero-order valence-corrected chi connectivity index (χ0v) is 15.0. The lowest BCUT2D eigenvalue weighted by molar-refractivity contribution is 0.181. The van der Waals surface area contributed by atoms with Gasteiger partial charge in [-0.1, -0.05) is 18.2 Å². The van der Waals surface area contributed by atoms with Crippen LogP contribution in [0.1, 0.15) is 24.1 Å². The van der Waals surface area contributed by atoms with Crippen molar-refractivity contribution >= 4 is 0 Å². The first-order valence-corrected chi connectivity index (χ1v) is 9.31. The van der Waals surface area contributed by atoms with Crippen molar-refractivity contribution in [2.75, 3.05) is 13.1 Å². The molecule has 0 radical (unpaired) electrons. The highest BCUT2D eigenvalue weighted by atomic mass is 15.3. The first-order valence-electron chi connectivity index (χ1n) is 9.31. The Labute approximate surface area is 154 Å². The molecule has 3 aromatic rings. The Morgan fingerprint density at radius 1 is 1.08 bits per heavy atom. The third kappa shape index (κ3) is 4.36. The lowest BCUT2D eigenvalue weighted by atomic mass is 10.0. The second-order valence-electron chi connectivity index (χ2n) is 6.90. The van der Waals surface area contributed by atoms with Gasteiger partial charge in [-0.15, -0.1) is 0 Å². The molecule has 0 bridgehead atoms. The maximum atomic E-state index is 4.46. The minimum atomic E-state index is 0.529. The molecule has 0 spiro atoms. The number of piperidine rings is 1. The Morgan fingerprint density at radius 3 is 2.92 bits per heavy atom. The molecule has 1 unspecified atom stereocenters. The Balaban J connectivity index is 1.32. The van der Waals surface area contributed by atoms with E-state index < -0.39 is 0 Å². The van der Waals surface area contributed by atoms with Crippen LogP contribution in [-0.4, -0.2) is 38.8 Å². The first kappa shape index (κ1) is 16.9. The van der Waals surface area contributed by atoms with Crippen molar-refractivity contribution in [3.8, 4) is 5.69 Å². The molecule has 1 aliphatic heterocycles. The van der Waals surface area contributed by atoms with E-state index in [0.717, 1.165) is 37.6 Å². The van der Waals surface area contributed by atoms with Gasteiger partial charge in [-0.05, 0) is 55.3 Å². The van der Waals surface area contributed by atoms with Gasteiger partial charge in [0.2, 0.25) is 0 Å². The van der Waals surface area contributed by atoms with Crippen molar-refractivity contribution in [2.24, 2.45) is 0 Å². The summed E-state index contributed by atoms with van der Waals surface area (Å²) in [6.07, 6.45) is 8.13. The number of rotatable bonds is 6. The number of aromatic nitrogens is 3. The van der Waals surface area contributed by atoms with Gasteiger partial charge in [0, 0.05) is 44.3 Å². The SMILES string of the molecule is c1ccc(CN2CCCC(NCc3cccc(-n4cccn4)c3)C2)nc1. The predicted octanol–water partition coefficient (Wildman–Crippen LogP) is 3.02. The van der Waals surface area contributed by atoms with Gasteiger partial charge in [0.05, 0.1) is 11.4 Å². The molecule has 0 aliphatic carbocycles. The van der Waals surface area contributed by atoms with Gasteiger partial charge in [-0.2, -0.15) is 5.10 Å². The van der Waals surface area contributed by atoms with E-state index in [-0.39, 0.29) is 0 Å². The van der Waals surface area contributed by atoms with Crippen LogP contribution in [0.25, 0.3) is 5.69 Å². The number of pyridine rings is 1. The van der Waals surface area contributed by atoms with Crippen molar-refractivity contribution in [3.63, 3.8) is 0 Å². The maximum absolute atomic E-state index is 4.46. The van der Waals surface area contributed by atoms with E-state index in [9.17, 15) is 0 Å². The Bertz CT molecular complexity index is 800. The second-order valence-corrected chi connectivity index (χ2v) is 6.90. The fourth-order valence-corrected chi connectivity index (χ4v) is 3.58. The highest BCUT2D eigenvalue weighted by molar-refractivity contribution is 5.35. The quantitative estimate of drug-likeness (QED) is 0.744. The highest BCUT2D eigenvalue weighted by Gasteiger charge is 2.19. The number of nitrogens with one attached hydrogen (secondary N) is 1. The summed E-state index contributed by atoms with van der Waals surface area (Å²) in [7, 11) is 0. The van der Waals surface area contributed by atoms with Crippen LogP contribution >= 0.6 is 0 Å². The van der Waals surface area contributed by atoms with Gasteiger partial charge in [-0.3, -0.25) is 9.88 Å². The van der Waals surface area contributed by atoms with Gasteiger partial charge in [0.15, 0.2) is 0 Å². The molecule has 1 atom stereocenters. The van der Waals surface area contributed by atoms with Crippen molar-refractivity contribution < 1.29 is 0 Å².